The van der Waals surface area contributed by atoms with Crippen molar-refractivity contribution in [2.45, 2.75) is 30.3 Å². The Morgan fingerprint density at radius 1 is 1.26 bits per heavy atom. The molecule has 0 unspecified atom stereocenters. The zero-order chi connectivity index (χ0) is 15.8. The van der Waals surface area contributed by atoms with E-state index in [2.05, 4.69) is 5.32 Å². The lowest BCUT2D eigenvalue weighted by molar-refractivity contribution is -0.116. The molecule has 6 heteroatoms. The van der Waals surface area contributed by atoms with Crippen molar-refractivity contribution in [1.82, 2.24) is 5.32 Å². The topological polar surface area (TPSA) is 62.6 Å². The van der Waals surface area contributed by atoms with Gasteiger partial charge in [0.15, 0.2) is 5.76 Å². The molecule has 1 fully saturated rings. The quantitative estimate of drug-likeness (QED) is 0.937. The molecule has 0 saturated heterocycles. The minimum absolute atomic E-state index is 0.0501. The van der Waals surface area contributed by atoms with Crippen molar-refractivity contribution in [2.24, 2.45) is 0 Å². The van der Waals surface area contributed by atoms with Gasteiger partial charge in [-0.15, -0.1) is 11.8 Å². The number of anilines is 1. The Balaban J connectivity index is 1.52. The van der Waals surface area contributed by atoms with Crippen molar-refractivity contribution in [3.05, 3.63) is 47.9 Å². The molecule has 5 nitrogen and oxygen atoms in total. The molecule has 1 aliphatic heterocycles. The summed E-state index contributed by atoms with van der Waals surface area (Å²) in [5, 5.41) is 2.89. The van der Waals surface area contributed by atoms with Crippen LogP contribution < -0.4 is 10.2 Å². The molecule has 0 atom stereocenters. The zero-order valence-corrected chi connectivity index (χ0v) is 13.3. The van der Waals surface area contributed by atoms with Gasteiger partial charge in [0.25, 0.3) is 5.91 Å². The van der Waals surface area contributed by atoms with Crippen molar-refractivity contribution in [3.63, 3.8) is 0 Å². The molecule has 0 spiro atoms. The summed E-state index contributed by atoms with van der Waals surface area (Å²) in [6.45, 7) is 0.340. The number of rotatable bonds is 4. The smallest absolute Gasteiger partial charge is 0.287 e. The number of carbonyl (C=O) groups excluding carboxylic acids is 2. The number of furan rings is 1. The molecular weight excluding hydrogens is 312 g/mol. The summed E-state index contributed by atoms with van der Waals surface area (Å²) in [5.41, 5.74) is 0.897. The Kier molecular flexibility index (Phi) is 3.61. The Labute approximate surface area is 138 Å². The number of hydrogen-bond acceptors (Lipinski definition) is 4. The predicted molar refractivity (Wildman–Crippen MR) is 87.6 cm³/mol. The zero-order valence-electron chi connectivity index (χ0n) is 12.5. The van der Waals surface area contributed by atoms with Gasteiger partial charge in [-0.3, -0.25) is 9.59 Å². The summed E-state index contributed by atoms with van der Waals surface area (Å²) in [5.74, 6) is 1.21. The summed E-state index contributed by atoms with van der Waals surface area (Å²) in [7, 11) is 0. The number of benzene rings is 1. The minimum Gasteiger partial charge on any atom is -0.454 e. The van der Waals surface area contributed by atoms with Gasteiger partial charge in [0.2, 0.25) is 5.91 Å². The average Bonchev–Trinajstić information content (AvgIpc) is 3.24. The molecule has 4 rings (SSSR count). The lowest BCUT2D eigenvalue weighted by atomic mass is 10.2. The Hall–Kier alpha value is -2.21. The van der Waals surface area contributed by atoms with Crippen LogP contribution in [-0.4, -0.2) is 23.6 Å². The fraction of sp³-hybridized carbons (Fsp3) is 0.294. The van der Waals surface area contributed by atoms with Gasteiger partial charge in [-0.1, -0.05) is 12.1 Å². The van der Waals surface area contributed by atoms with E-state index in [0.717, 1.165) is 23.4 Å². The monoisotopic (exact) mass is 328 g/mol. The van der Waals surface area contributed by atoms with Gasteiger partial charge in [0.05, 0.1) is 18.0 Å². The molecule has 1 aliphatic carbocycles. The highest BCUT2D eigenvalue weighted by Gasteiger charge is 2.27. The van der Waals surface area contributed by atoms with Crippen molar-refractivity contribution in [2.75, 3.05) is 10.7 Å². The van der Waals surface area contributed by atoms with Crippen LogP contribution in [0.5, 0.6) is 0 Å². The van der Waals surface area contributed by atoms with E-state index >= 15 is 0 Å². The van der Waals surface area contributed by atoms with E-state index in [-0.39, 0.29) is 11.8 Å². The first-order valence-electron chi connectivity index (χ1n) is 7.62. The predicted octanol–water partition coefficient (Wildman–Crippen LogP) is 2.81. The molecule has 0 bridgehead atoms. The number of nitrogens with zero attached hydrogens (tertiary/aromatic N) is 1. The summed E-state index contributed by atoms with van der Waals surface area (Å²) in [6.07, 6.45) is 2.08. The van der Waals surface area contributed by atoms with Gasteiger partial charge in [-0.05, 0) is 37.1 Å². The molecule has 1 saturated carbocycles. The number of nitrogens with one attached hydrogen (secondary N) is 1. The second-order valence-corrected chi connectivity index (χ2v) is 6.77. The lowest BCUT2D eigenvalue weighted by Crippen LogP contribution is -2.34. The fourth-order valence-corrected chi connectivity index (χ4v) is 3.49. The van der Waals surface area contributed by atoms with Crippen LogP contribution >= 0.6 is 11.8 Å². The highest BCUT2D eigenvalue weighted by molar-refractivity contribution is 8.00. The second-order valence-electron chi connectivity index (χ2n) is 5.75. The van der Waals surface area contributed by atoms with Crippen LogP contribution in [0, 0.1) is 0 Å². The third-order valence-electron chi connectivity index (χ3n) is 3.92. The van der Waals surface area contributed by atoms with Gasteiger partial charge in [-0.2, -0.15) is 0 Å². The summed E-state index contributed by atoms with van der Waals surface area (Å²) < 4.78 is 5.63. The molecule has 2 amide bonds. The van der Waals surface area contributed by atoms with Crippen LogP contribution in [0.25, 0.3) is 0 Å². The second kappa shape index (κ2) is 5.77. The normalized spacial score (nSPS) is 17.0. The van der Waals surface area contributed by atoms with Gasteiger partial charge in [-0.25, -0.2) is 0 Å². The number of carbonyl (C=O) groups is 2. The minimum atomic E-state index is -0.181. The first-order valence-corrected chi connectivity index (χ1v) is 8.61. The van der Waals surface area contributed by atoms with Crippen molar-refractivity contribution in [3.8, 4) is 0 Å². The SMILES string of the molecule is O=C(NC1CC1)c1ccc(CN2C(=O)CSc3ccccc32)o1. The molecule has 1 N–H and O–H groups in total. The molecular formula is C17H16N2O3S. The summed E-state index contributed by atoms with van der Waals surface area (Å²) >= 11 is 1.55. The van der Waals surface area contributed by atoms with Gasteiger partial charge < -0.3 is 14.6 Å². The van der Waals surface area contributed by atoms with Crippen LogP contribution in [0.15, 0.2) is 45.7 Å². The average molecular weight is 328 g/mol. The summed E-state index contributed by atoms with van der Waals surface area (Å²) in [4.78, 5) is 27.0. The number of fused-ring (bicyclic) bond motifs is 1. The molecule has 2 heterocycles. The van der Waals surface area contributed by atoms with Crippen LogP contribution in [0.1, 0.15) is 29.2 Å². The summed E-state index contributed by atoms with van der Waals surface area (Å²) in [6, 6.07) is 11.6. The van der Waals surface area contributed by atoms with E-state index in [9.17, 15) is 9.59 Å². The van der Waals surface area contributed by atoms with Crippen molar-refractivity contribution >= 4 is 29.3 Å². The molecule has 1 aromatic carbocycles. The Morgan fingerprint density at radius 2 is 2.09 bits per heavy atom. The maximum Gasteiger partial charge on any atom is 0.287 e. The first kappa shape index (κ1) is 14.4. The lowest BCUT2D eigenvalue weighted by Gasteiger charge is -2.28. The number of para-hydroxylation sites is 1. The molecule has 2 aromatic rings. The Bertz CT molecular complexity index is 767. The van der Waals surface area contributed by atoms with E-state index in [1.54, 1.807) is 28.8 Å². The number of hydrogen-bond donors (Lipinski definition) is 1. The van der Waals surface area contributed by atoms with E-state index in [4.69, 9.17) is 4.42 Å². The molecule has 1 aromatic heterocycles. The van der Waals surface area contributed by atoms with E-state index in [1.807, 2.05) is 24.3 Å². The highest BCUT2D eigenvalue weighted by atomic mass is 32.2. The van der Waals surface area contributed by atoms with E-state index in [1.165, 1.54) is 0 Å². The third kappa shape index (κ3) is 2.99. The largest absolute Gasteiger partial charge is 0.454 e. The van der Waals surface area contributed by atoms with Crippen molar-refractivity contribution < 1.29 is 14.0 Å². The first-order chi connectivity index (χ1) is 11.2. The van der Waals surface area contributed by atoms with Crippen LogP contribution in [0.2, 0.25) is 0 Å². The van der Waals surface area contributed by atoms with Gasteiger partial charge >= 0.3 is 0 Å². The van der Waals surface area contributed by atoms with Gasteiger partial charge in [0.1, 0.15) is 5.76 Å². The standard InChI is InChI=1S/C17H16N2O3S/c20-16-10-23-15-4-2-1-3-13(15)19(16)9-12-7-8-14(22-12)17(21)18-11-5-6-11/h1-4,7-8,11H,5-6,9-10H2,(H,18,21). The van der Waals surface area contributed by atoms with Crippen LogP contribution in [0.4, 0.5) is 5.69 Å². The number of amides is 2. The van der Waals surface area contributed by atoms with Crippen molar-refractivity contribution in [1.29, 1.82) is 0 Å². The fourth-order valence-electron chi connectivity index (χ4n) is 2.55. The molecule has 118 valence electrons. The van der Waals surface area contributed by atoms with Gasteiger partial charge in [0, 0.05) is 10.9 Å². The number of thioether (sulfide) groups is 1. The molecule has 0 radical (unpaired) electrons. The Morgan fingerprint density at radius 3 is 2.91 bits per heavy atom. The van der Waals surface area contributed by atoms with E-state index < -0.39 is 0 Å². The maximum atomic E-state index is 12.2. The molecule has 2 aliphatic rings. The van der Waals surface area contributed by atoms with E-state index in [0.29, 0.717) is 29.9 Å². The molecule has 23 heavy (non-hydrogen) atoms. The maximum absolute atomic E-state index is 12.2. The van der Waals surface area contributed by atoms with Crippen LogP contribution in [-0.2, 0) is 11.3 Å². The third-order valence-corrected chi connectivity index (χ3v) is 4.97. The van der Waals surface area contributed by atoms with Crippen LogP contribution in [0.3, 0.4) is 0 Å². The highest BCUT2D eigenvalue weighted by Crippen LogP contribution is 2.35.